The zero-order chi connectivity index (χ0) is 11.1. The van der Waals surface area contributed by atoms with Gasteiger partial charge in [0.05, 0.1) is 4.92 Å². The average Bonchev–Trinajstić information content (AvgIpc) is 2.10. The Labute approximate surface area is 82.8 Å². The minimum absolute atomic E-state index is 0.0267. The summed E-state index contributed by atoms with van der Waals surface area (Å²) in [4.78, 5) is 20.7. The summed E-state index contributed by atoms with van der Waals surface area (Å²) in [6.07, 6.45) is 4.36. The van der Waals surface area contributed by atoms with Crippen molar-refractivity contribution >= 4 is 5.78 Å². The van der Waals surface area contributed by atoms with E-state index in [0.717, 1.165) is 0 Å². The predicted octanol–water partition coefficient (Wildman–Crippen LogP) is 2.26. The maximum atomic E-state index is 10.8. The van der Waals surface area contributed by atoms with Gasteiger partial charge in [-0.1, -0.05) is 12.7 Å². The van der Waals surface area contributed by atoms with E-state index in [1.807, 2.05) is 0 Å². The van der Waals surface area contributed by atoms with E-state index < -0.39 is 4.92 Å². The zero-order valence-electron chi connectivity index (χ0n) is 8.32. The van der Waals surface area contributed by atoms with Crippen molar-refractivity contribution in [3.8, 4) is 0 Å². The van der Waals surface area contributed by atoms with Crippen LogP contribution in [0.2, 0.25) is 0 Å². The molecule has 0 fully saturated rings. The average molecular weight is 195 g/mol. The lowest BCUT2D eigenvalue weighted by Gasteiger charge is -1.96. The molecule has 4 nitrogen and oxygen atoms in total. The molecule has 0 aromatic carbocycles. The van der Waals surface area contributed by atoms with E-state index in [1.165, 1.54) is 25.2 Å². The number of nitrogens with zero attached hydrogens (tertiary/aromatic N) is 1. The normalized spacial score (nSPS) is 12.4. The molecule has 0 rings (SSSR count). The van der Waals surface area contributed by atoms with Gasteiger partial charge in [0, 0.05) is 12.5 Å². The highest BCUT2D eigenvalue weighted by atomic mass is 16.6. The Morgan fingerprint density at radius 2 is 2.14 bits per heavy atom. The number of carbonyl (C=O) groups excluding carboxylic acids is 1. The molecule has 0 radical (unpaired) electrons. The van der Waals surface area contributed by atoms with Gasteiger partial charge in [-0.05, 0) is 25.5 Å². The minimum atomic E-state index is -0.496. The largest absolute Gasteiger partial charge is 0.300 e. The summed E-state index contributed by atoms with van der Waals surface area (Å²) in [5, 5.41) is 10.4. The molecule has 0 amide bonds. The van der Waals surface area contributed by atoms with Crippen molar-refractivity contribution in [3.05, 3.63) is 46.2 Å². The van der Waals surface area contributed by atoms with Crippen LogP contribution in [-0.4, -0.2) is 10.7 Å². The van der Waals surface area contributed by atoms with Crippen LogP contribution in [0.25, 0.3) is 0 Å². The van der Waals surface area contributed by atoms with Crippen LogP contribution in [-0.2, 0) is 4.79 Å². The van der Waals surface area contributed by atoms with Gasteiger partial charge < -0.3 is 0 Å². The Kier molecular flexibility index (Phi) is 5.14. The second-order valence-corrected chi connectivity index (χ2v) is 2.77. The summed E-state index contributed by atoms with van der Waals surface area (Å²) < 4.78 is 0. The molecule has 0 N–H and O–H groups in total. The van der Waals surface area contributed by atoms with Crippen LogP contribution in [0.4, 0.5) is 0 Å². The molecule has 0 saturated carbocycles. The van der Waals surface area contributed by atoms with Crippen LogP contribution in [0, 0.1) is 10.1 Å². The summed E-state index contributed by atoms with van der Waals surface area (Å²) >= 11 is 0. The number of rotatable bonds is 5. The van der Waals surface area contributed by atoms with Crippen molar-refractivity contribution in [1.82, 2.24) is 0 Å². The van der Waals surface area contributed by atoms with Crippen LogP contribution in [0.1, 0.15) is 20.3 Å². The lowest BCUT2D eigenvalue weighted by molar-refractivity contribution is -0.419. The molecule has 0 atom stereocenters. The smallest absolute Gasteiger partial charge is 0.265 e. The number of allylic oxidation sites excluding steroid dienone is 4. The fourth-order valence-electron chi connectivity index (χ4n) is 0.901. The van der Waals surface area contributed by atoms with E-state index in [2.05, 4.69) is 6.58 Å². The first-order chi connectivity index (χ1) is 6.51. The summed E-state index contributed by atoms with van der Waals surface area (Å²) in [7, 11) is 0. The summed E-state index contributed by atoms with van der Waals surface area (Å²) in [5.74, 6) is -0.0463. The fraction of sp³-hybridized carbons (Fsp3) is 0.300. The van der Waals surface area contributed by atoms with Gasteiger partial charge in [-0.15, -0.1) is 0 Å². The Bertz CT molecular complexity index is 313. The number of hydrogen-bond acceptors (Lipinski definition) is 3. The molecule has 0 aliphatic carbocycles. The van der Waals surface area contributed by atoms with Crippen molar-refractivity contribution in [2.75, 3.05) is 0 Å². The second kappa shape index (κ2) is 5.85. The van der Waals surface area contributed by atoms with E-state index in [4.69, 9.17) is 0 Å². The Morgan fingerprint density at radius 1 is 1.57 bits per heavy atom. The van der Waals surface area contributed by atoms with E-state index >= 15 is 0 Å². The summed E-state index contributed by atoms with van der Waals surface area (Å²) in [6, 6.07) is 0. The SMILES string of the molecule is C=C/C(=C\C(=C/C)[N+](=O)[O-])CC(C)=O. The molecule has 0 spiro atoms. The van der Waals surface area contributed by atoms with E-state index in [1.54, 1.807) is 6.92 Å². The maximum Gasteiger partial charge on any atom is 0.265 e. The number of ketones is 1. The Balaban J connectivity index is 4.82. The molecule has 0 saturated heterocycles. The van der Waals surface area contributed by atoms with Crippen LogP contribution in [0.5, 0.6) is 0 Å². The van der Waals surface area contributed by atoms with Crippen molar-refractivity contribution in [2.24, 2.45) is 0 Å². The molecule has 0 aliphatic heterocycles. The third-order valence-corrected chi connectivity index (χ3v) is 1.56. The topological polar surface area (TPSA) is 60.2 Å². The van der Waals surface area contributed by atoms with Gasteiger partial charge in [0.25, 0.3) is 5.70 Å². The number of hydrogen-bond donors (Lipinski definition) is 0. The minimum Gasteiger partial charge on any atom is -0.300 e. The van der Waals surface area contributed by atoms with Crippen molar-refractivity contribution in [1.29, 1.82) is 0 Å². The van der Waals surface area contributed by atoms with Gasteiger partial charge in [-0.25, -0.2) is 0 Å². The molecule has 0 bridgehead atoms. The van der Waals surface area contributed by atoms with E-state index in [-0.39, 0.29) is 17.9 Å². The third kappa shape index (κ3) is 4.35. The van der Waals surface area contributed by atoms with Crippen LogP contribution < -0.4 is 0 Å². The van der Waals surface area contributed by atoms with Crippen LogP contribution in [0.3, 0.4) is 0 Å². The molecular formula is C10H13NO3. The van der Waals surface area contributed by atoms with Gasteiger partial charge >= 0.3 is 0 Å². The highest BCUT2D eigenvalue weighted by Gasteiger charge is 2.06. The Hall–Kier alpha value is -1.71. The molecule has 0 aliphatic rings. The van der Waals surface area contributed by atoms with Crippen molar-refractivity contribution in [2.45, 2.75) is 20.3 Å². The molecule has 0 heterocycles. The zero-order valence-corrected chi connectivity index (χ0v) is 8.32. The first-order valence-electron chi connectivity index (χ1n) is 4.14. The van der Waals surface area contributed by atoms with Gasteiger partial charge in [0.15, 0.2) is 0 Å². The van der Waals surface area contributed by atoms with E-state index in [9.17, 15) is 14.9 Å². The highest BCUT2D eigenvalue weighted by molar-refractivity contribution is 5.78. The summed E-state index contributed by atoms with van der Waals surface area (Å²) in [5.41, 5.74) is 0.531. The van der Waals surface area contributed by atoms with E-state index in [0.29, 0.717) is 5.57 Å². The van der Waals surface area contributed by atoms with Gasteiger partial charge in [-0.2, -0.15) is 0 Å². The number of carbonyl (C=O) groups is 1. The fourth-order valence-corrected chi connectivity index (χ4v) is 0.901. The monoisotopic (exact) mass is 195 g/mol. The molecule has 4 heteroatoms. The second-order valence-electron chi connectivity index (χ2n) is 2.77. The molecule has 0 aromatic rings. The molecule has 14 heavy (non-hydrogen) atoms. The first kappa shape index (κ1) is 12.3. The standard InChI is InChI=1S/C10H13NO3/c1-4-9(6-8(3)12)7-10(5-2)11(13)14/h4-5,7H,1,6H2,2-3H3/b9-7+,10-5+. The summed E-state index contributed by atoms with van der Waals surface area (Å²) in [6.45, 7) is 6.49. The van der Waals surface area contributed by atoms with Gasteiger partial charge in [0.2, 0.25) is 0 Å². The Morgan fingerprint density at radius 3 is 2.43 bits per heavy atom. The maximum absolute atomic E-state index is 10.8. The first-order valence-corrected chi connectivity index (χ1v) is 4.14. The molecule has 0 aromatic heterocycles. The number of nitro groups is 1. The molecular weight excluding hydrogens is 182 g/mol. The molecule has 0 unspecified atom stereocenters. The lowest BCUT2D eigenvalue weighted by Crippen LogP contribution is -1.98. The highest BCUT2D eigenvalue weighted by Crippen LogP contribution is 2.08. The van der Waals surface area contributed by atoms with Gasteiger partial charge in [0.1, 0.15) is 5.78 Å². The van der Waals surface area contributed by atoms with Crippen LogP contribution >= 0.6 is 0 Å². The van der Waals surface area contributed by atoms with Gasteiger partial charge in [-0.3, -0.25) is 14.9 Å². The number of Topliss-reactive ketones (excluding diaryl/α,β-unsaturated/α-hetero) is 1. The predicted molar refractivity (Wildman–Crippen MR) is 54.3 cm³/mol. The third-order valence-electron chi connectivity index (χ3n) is 1.56. The lowest BCUT2D eigenvalue weighted by atomic mass is 10.1. The van der Waals surface area contributed by atoms with Crippen LogP contribution in [0.15, 0.2) is 36.1 Å². The van der Waals surface area contributed by atoms with Crippen molar-refractivity contribution < 1.29 is 9.72 Å². The molecule has 76 valence electrons. The quantitative estimate of drug-likeness (QED) is 0.384. The van der Waals surface area contributed by atoms with Crippen molar-refractivity contribution in [3.63, 3.8) is 0 Å².